The summed E-state index contributed by atoms with van der Waals surface area (Å²) in [7, 11) is 0. The summed E-state index contributed by atoms with van der Waals surface area (Å²) in [5.41, 5.74) is -0.817. The second-order valence-electron chi connectivity index (χ2n) is 5.54. The molecule has 1 saturated carbocycles. The molecule has 5 nitrogen and oxygen atoms in total. The first-order valence-electron chi connectivity index (χ1n) is 7.47. The first-order chi connectivity index (χ1) is 10.5. The average Bonchev–Trinajstić information content (AvgIpc) is 2.95. The van der Waals surface area contributed by atoms with E-state index >= 15 is 0 Å². The van der Waals surface area contributed by atoms with Crippen LogP contribution in [0.4, 0.5) is 0 Å². The maximum Gasteiger partial charge on any atom is 0.329 e. The Morgan fingerprint density at radius 1 is 1.36 bits per heavy atom. The van der Waals surface area contributed by atoms with E-state index < -0.39 is 17.4 Å². The van der Waals surface area contributed by atoms with E-state index in [1.54, 1.807) is 12.1 Å². The molecule has 22 heavy (non-hydrogen) atoms. The van der Waals surface area contributed by atoms with Gasteiger partial charge in [-0.05, 0) is 37.5 Å². The quantitative estimate of drug-likeness (QED) is 0.841. The molecule has 0 heterocycles. The molecule has 1 amide bonds. The van der Waals surface area contributed by atoms with Gasteiger partial charge in [0.25, 0.3) is 5.91 Å². The Morgan fingerprint density at radius 3 is 2.59 bits per heavy atom. The minimum absolute atomic E-state index is 0.335. The number of halogens is 1. The lowest BCUT2D eigenvalue weighted by molar-refractivity contribution is -0.144. The lowest BCUT2D eigenvalue weighted by Gasteiger charge is -2.25. The van der Waals surface area contributed by atoms with Crippen molar-refractivity contribution in [1.82, 2.24) is 5.32 Å². The fraction of sp³-hybridized carbons (Fsp3) is 0.500. The van der Waals surface area contributed by atoms with Crippen molar-refractivity contribution in [3.05, 3.63) is 28.8 Å². The Kier molecular flexibility index (Phi) is 5.29. The molecule has 0 spiro atoms. The summed E-state index contributed by atoms with van der Waals surface area (Å²) in [6, 6.07) is 4.73. The zero-order valence-electron chi connectivity index (χ0n) is 12.5. The molecular weight excluding hydrogens is 306 g/mol. The lowest BCUT2D eigenvalue weighted by atomic mass is 9.97. The molecule has 6 heteroatoms. The van der Waals surface area contributed by atoms with Gasteiger partial charge >= 0.3 is 5.97 Å². The summed E-state index contributed by atoms with van der Waals surface area (Å²) < 4.78 is 5.45. The third-order valence-electron chi connectivity index (χ3n) is 3.88. The Balaban J connectivity index is 2.12. The van der Waals surface area contributed by atoms with Crippen molar-refractivity contribution in [2.45, 2.75) is 44.6 Å². The third kappa shape index (κ3) is 3.53. The Bertz CT molecular complexity index is 567. The predicted molar refractivity (Wildman–Crippen MR) is 83.5 cm³/mol. The van der Waals surface area contributed by atoms with Crippen molar-refractivity contribution >= 4 is 23.5 Å². The van der Waals surface area contributed by atoms with Crippen LogP contribution in [0.3, 0.4) is 0 Å². The minimum atomic E-state index is -1.15. The highest BCUT2D eigenvalue weighted by Gasteiger charge is 2.42. The summed E-state index contributed by atoms with van der Waals surface area (Å²) >= 11 is 6.10. The zero-order valence-corrected chi connectivity index (χ0v) is 13.3. The second kappa shape index (κ2) is 7.01. The lowest BCUT2D eigenvalue weighted by Crippen LogP contribution is -2.52. The molecule has 1 aromatic rings. The van der Waals surface area contributed by atoms with Crippen LogP contribution in [-0.4, -0.2) is 29.1 Å². The van der Waals surface area contributed by atoms with Crippen LogP contribution >= 0.6 is 11.6 Å². The molecule has 0 saturated heterocycles. The van der Waals surface area contributed by atoms with E-state index in [9.17, 15) is 14.7 Å². The van der Waals surface area contributed by atoms with Crippen LogP contribution in [0, 0.1) is 0 Å². The van der Waals surface area contributed by atoms with Crippen LogP contribution in [0.2, 0.25) is 5.02 Å². The van der Waals surface area contributed by atoms with E-state index in [-0.39, 0.29) is 0 Å². The molecule has 0 atom stereocenters. The maximum absolute atomic E-state index is 12.3. The molecule has 0 unspecified atom stereocenters. The van der Waals surface area contributed by atoms with Gasteiger partial charge < -0.3 is 15.2 Å². The van der Waals surface area contributed by atoms with E-state index in [0.717, 1.165) is 19.3 Å². The number of nitrogens with one attached hydrogen (secondary N) is 1. The van der Waals surface area contributed by atoms with Gasteiger partial charge in [-0.1, -0.05) is 31.4 Å². The number of carbonyl (C=O) groups excluding carboxylic acids is 1. The van der Waals surface area contributed by atoms with Crippen molar-refractivity contribution in [2.75, 3.05) is 6.61 Å². The number of carbonyl (C=O) groups is 2. The number of amides is 1. The standard InChI is InChI=1S/C16H20ClNO4/c1-2-9-22-13-6-5-11(10-12(13)17)14(19)18-16(15(20)21)7-3-4-8-16/h5-6,10H,2-4,7-9H2,1H3,(H,18,19)(H,20,21). The average molecular weight is 326 g/mol. The van der Waals surface area contributed by atoms with Gasteiger partial charge in [-0.25, -0.2) is 4.79 Å². The van der Waals surface area contributed by atoms with Crippen molar-refractivity contribution in [2.24, 2.45) is 0 Å². The predicted octanol–water partition coefficient (Wildman–Crippen LogP) is 3.26. The van der Waals surface area contributed by atoms with Gasteiger partial charge in [-0.15, -0.1) is 0 Å². The first kappa shape index (κ1) is 16.6. The zero-order chi connectivity index (χ0) is 16.2. The molecule has 1 fully saturated rings. The normalized spacial score (nSPS) is 16.3. The highest BCUT2D eigenvalue weighted by atomic mass is 35.5. The number of carboxylic acids is 1. The summed E-state index contributed by atoms with van der Waals surface area (Å²) in [6.45, 7) is 2.54. The van der Waals surface area contributed by atoms with Gasteiger partial charge in [0, 0.05) is 5.56 Å². The monoisotopic (exact) mass is 325 g/mol. The summed E-state index contributed by atoms with van der Waals surface area (Å²) in [5, 5.41) is 12.4. The number of rotatable bonds is 6. The van der Waals surface area contributed by atoms with E-state index in [4.69, 9.17) is 16.3 Å². The number of hydrogen-bond donors (Lipinski definition) is 2. The number of benzene rings is 1. The molecule has 2 rings (SSSR count). The molecule has 0 bridgehead atoms. The number of aliphatic carboxylic acids is 1. The SMILES string of the molecule is CCCOc1ccc(C(=O)NC2(C(=O)O)CCCC2)cc1Cl. The van der Waals surface area contributed by atoms with E-state index in [0.29, 0.717) is 35.8 Å². The topological polar surface area (TPSA) is 75.6 Å². The molecule has 0 radical (unpaired) electrons. The van der Waals surface area contributed by atoms with Crippen LogP contribution in [0.5, 0.6) is 5.75 Å². The summed E-state index contributed by atoms with van der Waals surface area (Å²) in [4.78, 5) is 23.8. The van der Waals surface area contributed by atoms with Crippen molar-refractivity contribution in [3.8, 4) is 5.75 Å². The molecular formula is C16H20ClNO4. The third-order valence-corrected chi connectivity index (χ3v) is 4.17. The molecule has 1 aromatic carbocycles. The molecule has 0 aromatic heterocycles. The molecule has 120 valence electrons. The van der Waals surface area contributed by atoms with Crippen LogP contribution < -0.4 is 10.1 Å². The Hall–Kier alpha value is -1.75. The molecule has 1 aliphatic rings. The van der Waals surface area contributed by atoms with E-state index in [1.165, 1.54) is 6.07 Å². The number of ether oxygens (including phenoxy) is 1. The van der Waals surface area contributed by atoms with Gasteiger partial charge in [0.15, 0.2) is 0 Å². The molecule has 0 aliphatic heterocycles. The van der Waals surface area contributed by atoms with E-state index in [2.05, 4.69) is 5.32 Å². The van der Waals surface area contributed by atoms with Gasteiger partial charge in [0.05, 0.1) is 11.6 Å². The van der Waals surface area contributed by atoms with Gasteiger partial charge in [0.1, 0.15) is 11.3 Å². The maximum atomic E-state index is 12.3. The molecule has 2 N–H and O–H groups in total. The van der Waals surface area contributed by atoms with Gasteiger partial charge in [-0.2, -0.15) is 0 Å². The smallest absolute Gasteiger partial charge is 0.329 e. The Labute approximate surface area is 134 Å². The largest absolute Gasteiger partial charge is 0.492 e. The second-order valence-corrected chi connectivity index (χ2v) is 5.95. The highest BCUT2D eigenvalue weighted by molar-refractivity contribution is 6.32. The van der Waals surface area contributed by atoms with Crippen molar-refractivity contribution in [1.29, 1.82) is 0 Å². The van der Waals surface area contributed by atoms with E-state index in [1.807, 2.05) is 6.92 Å². The summed E-state index contributed by atoms with van der Waals surface area (Å²) in [5.74, 6) is -0.880. The van der Waals surface area contributed by atoms with Crippen LogP contribution in [0.15, 0.2) is 18.2 Å². The van der Waals surface area contributed by atoms with Crippen LogP contribution in [-0.2, 0) is 4.79 Å². The van der Waals surface area contributed by atoms with Crippen LogP contribution in [0.1, 0.15) is 49.4 Å². The highest BCUT2D eigenvalue weighted by Crippen LogP contribution is 2.31. The Morgan fingerprint density at radius 2 is 2.05 bits per heavy atom. The molecule has 1 aliphatic carbocycles. The fourth-order valence-corrected chi connectivity index (χ4v) is 2.87. The van der Waals surface area contributed by atoms with Gasteiger partial charge in [-0.3, -0.25) is 4.79 Å². The fourth-order valence-electron chi connectivity index (χ4n) is 2.63. The van der Waals surface area contributed by atoms with Crippen LogP contribution in [0.25, 0.3) is 0 Å². The van der Waals surface area contributed by atoms with Gasteiger partial charge in [0.2, 0.25) is 0 Å². The number of hydrogen-bond acceptors (Lipinski definition) is 3. The summed E-state index contributed by atoms with van der Waals surface area (Å²) in [6.07, 6.45) is 3.38. The number of carboxylic acid groups (broad SMARTS) is 1. The first-order valence-corrected chi connectivity index (χ1v) is 7.84. The minimum Gasteiger partial charge on any atom is -0.492 e. The van der Waals surface area contributed by atoms with Crippen molar-refractivity contribution < 1.29 is 19.4 Å². The van der Waals surface area contributed by atoms with Crippen molar-refractivity contribution in [3.63, 3.8) is 0 Å².